The fourth-order valence-corrected chi connectivity index (χ4v) is 4.17. The number of aryl methyl sites for hydroxylation is 1. The average molecular weight is 343 g/mol. The molecule has 1 aliphatic rings. The van der Waals surface area contributed by atoms with Crippen LogP contribution in [0.4, 0.5) is 0 Å². The molecule has 0 radical (unpaired) electrons. The van der Waals surface area contributed by atoms with Crippen molar-refractivity contribution in [3.8, 4) is 0 Å². The van der Waals surface area contributed by atoms with Crippen molar-refractivity contribution in [2.24, 2.45) is 0 Å². The maximum absolute atomic E-state index is 12.7. The summed E-state index contributed by atoms with van der Waals surface area (Å²) in [6, 6.07) is 16.0. The molecule has 3 rings (SSSR count). The number of rotatable bonds is 4. The lowest BCUT2D eigenvalue weighted by atomic mass is 9.88. The van der Waals surface area contributed by atoms with Crippen molar-refractivity contribution in [2.75, 3.05) is 0 Å². The van der Waals surface area contributed by atoms with Crippen molar-refractivity contribution >= 4 is 15.6 Å². The van der Waals surface area contributed by atoms with Gasteiger partial charge < -0.3 is 5.11 Å². The molecule has 2 atom stereocenters. The molecule has 2 N–H and O–H groups in total. The van der Waals surface area contributed by atoms with Crippen LogP contribution in [-0.2, 0) is 10.0 Å². The van der Waals surface area contributed by atoms with Gasteiger partial charge in [0.15, 0.2) is 0 Å². The Morgan fingerprint density at radius 2 is 1.67 bits per heavy atom. The summed E-state index contributed by atoms with van der Waals surface area (Å²) in [6.45, 7) is 1.92. The molecule has 0 heterocycles. The average Bonchev–Trinajstić information content (AvgIpc) is 2.57. The molecule has 2 aromatic carbocycles. The molecule has 4 nitrogen and oxygen atoms in total. The van der Waals surface area contributed by atoms with E-state index in [4.69, 9.17) is 0 Å². The van der Waals surface area contributed by atoms with Crippen molar-refractivity contribution in [1.29, 1.82) is 0 Å². The van der Waals surface area contributed by atoms with Crippen LogP contribution in [0.3, 0.4) is 0 Å². The highest BCUT2D eigenvalue weighted by Gasteiger charge is 2.27. The summed E-state index contributed by atoms with van der Waals surface area (Å²) >= 11 is 0. The summed E-state index contributed by atoms with van der Waals surface area (Å²) < 4.78 is 28.1. The number of benzene rings is 2. The van der Waals surface area contributed by atoms with Crippen molar-refractivity contribution in [2.45, 2.75) is 36.8 Å². The fourth-order valence-electron chi connectivity index (χ4n) is 2.92. The van der Waals surface area contributed by atoms with Crippen molar-refractivity contribution in [3.63, 3.8) is 0 Å². The van der Waals surface area contributed by atoms with Crippen LogP contribution in [0.15, 0.2) is 65.6 Å². The highest BCUT2D eigenvalue weighted by molar-refractivity contribution is 7.89. The topological polar surface area (TPSA) is 66.4 Å². The molecule has 24 heavy (non-hydrogen) atoms. The summed E-state index contributed by atoms with van der Waals surface area (Å²) in [5.41, 5.74) is 2.76. The van der Waals surface area contributed by atoms with Gasteiger partial charge in [-0.2, -0.15) is 0 Å². The van der Waals surface area contributed by atoms with Gasteiger partial charge in [0.2, 0.25) is 10.0 Å². The smallest absolute Gasteiger partial charge is 0.241 e. The van der Waals surface area contributed by atoms with Gasteiger partial charge in [0.25, 0.3) is 0 Å². The first kappa shape index (κ1) is 16.9. The molecule has 0 amide bonds. The summed E-state index contributed by atoms with van der Waals surface area (Å²) in [7, 11) is -3.61. The van der Waals surface area contributed by atoms with E-state index < -0.39 is 16.1 Å². The molecule has 0 unspecified atom stereocenters. The third kappa shape index (κ3) is 3.75. The SMILES string of the molecule is Cc1ccc(S(=O)(=O)N[C@@H]2CC[C@H](O)C=C2c2ccccc2)cc1. The summed E-state index contributed by atoms with van der Waals surface area (Å²) in [5.74, 6) is 0. The second kappa shape index (κ2) is 6.89. The summed E-state index contributed by atoms with van der Waals surface area (Å²) in [5, 5.41) is 9.95. The highest BCUT2D eigenvalue weighted by atomic mass is 32.2. The predicted molar refractivity (Wildman–Crippen MR) is 94.9 cm³/mol. The zero-order valence-electron chi connectivity index (χ0n) is 13.5. The zero-order chi connectivity index (χ0) is 17.2. The molecule has 1 aliphatic carbocycles. The number of sulfonamides is 1. The number of aliphatic hydroxyl groups excluding tert-OH is 1. The quantitative estimate of drug-likeness (QED) is 0.897. The predicted octanol–water partition coefficient (Wildman–Crippen LogP) is 2.88. The third-order valence-electron chi connectivity index (χ3n) is 4.23. The second-order valence-electron chi connectivity index (χ2n) is 6.12. The Labute approximate surface area is 142 Å². The van der Waals surface area contributed by atoms with E-state index in [1.807, 2.05) is 37.3 Å². The van der Waals surface area contributed by atoms with Crippen LogP contribution in [-0.4, -0.2) is 25.7 Å². The van der Waals surface area contributed by atoms with Crippen molar-refractivity contribution < 1.29 is 13.5 Å². The number of hydrogen-bond acceptors (Lipinski definition) is 3. The normalized spacial score (nSPS) is 21.3. The Kier molecular flexibility index (Phi) is 4.85. The van der Waals surface area contributed by atoms with E-state index in [0.29, 0.717) is 12.8 Å². The van der Waals surface area contributed by atoms with Crippen LogP contribution in [0.25, 0.3) is 5.57 Å². The van der Waals surface area contributed by atoms with E-state index in [1.54, 1.807) is 30.3 Å². The third-order valence-corrected chi connectivity index (χ3v) is 5.72. The Balaban J connectivity index is 1.90. The maximum atomic E-state index is 12.7. The summed E-state index contributed by atoms with van der Waals surface area (Å²) in [6.07, 6.45) is 2.31. The van der Waals surface area contributed by atoms with Crippen LogP contribution < -0.4 is 4.72 Å². The largest absolute Gasteiger partial charge is 0.389 e. The van der Waals surface area contributed by atoms with Gasteiger partial charge in [0.1, 0.15) is 0 Å². The van der Waals surface area contributed by atoms with E-state index in [2.05, 4.69) is 4.72 Å². The van der Waals surface area contributed by atoms with Crippen LogP contribution in [0, 0.1) is 6.92 Å². The molecule has 0 spiro atoms. The molecule has 0 bridgehead atoms. The lowest BCUT2D eigenvalue weighted by Crippen LogP contribution is -2.38. The molecule has 0 aliphatic heterocycles. The molecule has 126 valence electrons. The first-order valence-electron chi connectivity index (χ1n) is 8.00. The van der Waals surface area contributed by atoms with Gasteiger partial charge in [-0.15, -0.1) is 0 Å². The molecule has 0 saturated heterocycles. The lowest BCUT2D eigenvalue weighted by Gasteiger charge is -2.28. The maximum Gasteiger partial charge on any atom is 0.241 e. The minimum absolute atomic E-state index is 0.256. The van der Waals surface area contributed by atoms with E-state index >= 15 is 0 Å². The van der Waals surface area contributed by atoms with Gasteiger partial charge in [-0.25, -0.2) is 13.1 Å². The van der Waals surface area contributed by atoms with Crippen LogP contribution in [0.2, 0.25) is 0 Å². The number of aliphatic hydroxyl groups is 1. The van der Waals surface area contributed by atoms with Gasteiger partial charge in [-0.1, -0.05) is 54.1 Å². The van der Waals surface area contributed by atoms with E-state index in [0.717, 1.165) is 16.7 Å². The zero-order valence-corrected chi connectivity index (χ0v) is 14.3. The van der Waals surface area contributed by atoms with Gasteiger partial charge in [0, 0.05) is 6.04 Å². The Morgan fingerprint density at radius 3 is 2.33 bits per heavy atom. The standard InChI is InChI=1S/C19H21NO3S/c1-14-7-10-17(11-8-14)24(22,23)20-19-12-9-16(21)13-18(19)15-5-3-2-4-6-15/h2-8,10-11,13,16,19-21H,9,12H2,1H3/t16-,19+/m0/s1. The monoisotopic (exact) mass is 343 g/mol. The second-order valence-corrected chi connectivity index (χ2v) is 7.83. The van der Waals surface area contributed by atoms with Gasteiger partial charge >= 0.3 is 0 Å². The van der Waals surface area contributed by atoms with E-state index in [9.17, 15) is 13.5 Å². The van der Waals surface area contributed by atoms with Crippen molar-refractivity contribution in [1.82, 2.24) is 4.72 Å². The van der Waals surface area contributed by atoms with Crippen LogP contribution in [0.1, 0.15) is 24.0 Å². The van der Waals surface area contributed by atoms with Gasteiger partial charge in [0.05, 0.1) is 11.0 Å². The van der Waals surface area contributed by atoms with Gasteiger partial charge in [-0.3, -0.25) is 0 Å². The van der Waals surface area contributed by atoms with Crippen molar-refractivity contribution in [3.05, 3.63) is 71.8 Å². The lowest BCUT2D eigenvalue weighted by molar-refractivity contribution is 0.202. The van der Waals surface area contributed by atoms with Gasteiger partial charge in [-0.05, 0) is 43.0 Å². The molecule has 2 aromatic rings. The molecule has 0 aromatic heterocycles. The molecule has 5 heteroatoms. The Bertz CT molecular complexity index is 827. The number of hydrogen-bond donors (Lipinski definition) is 2. The number of nitrogens with one attached hydrogen (secondary N) is 1. The minimum Gasteiger partial charge on any atom is -0.389 e. The molecule has 0 saturated carbocycles. The minimum atomic E-state index is -3.61. The fraction of sp³-hybridized carbons (Fsp3) is 0.263. The molecular weight excluding hydrogens is 322 g/mol. The Hall–Kier alpha value is -1.95. The van der Waals surface area contributed by atoms with E-state index in [-0.39, 0.29) is 10.9 Å². The highest BCUT2D eigenvalue weighted by Crippen LogP contribution is 2.28. The first-order chi connectivity index (χ1) is 11.5. The van der Waals surface area contributed by atoms with Crippen LogP contribution in [0.5, 0.6) is 0 Å². The van der Waals surface area contributed by atoms with Crippen LogP contribution >= 0.6 is 0 Å². The molecule has 0 fully saturated rings. The first-order valence-corrected chi connectivity index (χ1v) is 9.48. The Morgan fingerprint density at radius 1 is 1.00 bits per heavy atom. The van der Waals surface area contributed by atoms with E-state index in [1.165, 1.54) is 0 Å². The molecular formula is C19H21NO3S. The summed E-state index contributed by atoms with van der Waals surface area (Å²) in [4.78, 5) is 0.256.